The van der Waals surface area contributed by atoms with Crippen molar-refractivity contribution in [1.82, 2.24) is 20.4 Å². The summed E-state index contributed by atoms with van der Waals surface area (Å²) < 4.78 is 30.4. The lowest BCUT2D eigenvalue weighted by molar-refractivity contribution is 0.534. The zero-order valence-electron chi connectivity index (χ0n) is 8.13. The van der Waals surface area contributed by atoms with Crippen LogP contribution < -0.4 is 10.5 Å². The average Bonchev–Trinajstić information content (AvgIpc) is 2.74. The van der Waals surface area contributed by atoms with Crippen molar-refractivity contribution in [2.45, 2.75) is 11.8 Å². The monoisotopic (exact) mass is 244 g/mol. The first-order valence-corrected chi connectivity index (χ1v) is 5.59. The molecule has 0 spiro atoms. The number of nitrogens with two attached hydrogens (primary N) is 1. The average molecular weight is 244 g/mol. The van der Waals surface area contributed by atoms with Crippen LogP contribution in [0.1, 0.15) is 5.89 Å². The van der Waals surface area contributed by atoms with E-state index in [0.717, 1.165) is 6.20 Å². The molecule has 10 heteroatoms. The Morgan fingerprint density at radius 2 is 2.25 bits per heavy atom. The number of hydrogen-bond acceptors (Lipinski definition) is 7. The first kappa shape index (κ1) is 10.4. The van der Waals surface area contributed by atoms with E-state index in [1.165, 1.54) is 6.92 Å². The number of nitrogens with zero attached hydrogens (tertiary/aromatic N) is 3. The SMILES string of the molecule is Cc1nnc(NS(=O)(=O)c2cn[nH]c2N)o1. The van der Waals surface area contributed by atoms with Crippen molar-refractivity contribution in [3.63, 3.8) is 0 Å². The molecular weight excluding hydrogens is 236 g/mol. The molecule has 0 aromatic carbocycles. The van der Waals surface area contributed by atoms with Gasteiger partial charge in [-0.25, -0.2) is 13.1 Å². The fraction of sp³-hybridized carbons (Fsp3) is 0.167. The van der Waals surface area contributed by atoms with E-state index < -0.39 is 10.0 Å². The number of H-pyrrole nitrogens is 1. The van der Waals surface area contributed by atoms with E-state index in [-0.39, 0.29) is 22.6 Å². The highest BCUT2D eigenvalue weighted by Gasteiger charge is 2.21. The van der Waals surface area contributed by atoms with Crippen LogP contribution in [0.5, 0.6) is 0 Å². The van der Waals surface area contributed by atoms with Crippen molar-refractivity contribution in [3.8, 4) is 0 Å². The molecule has 0 aliphatic heterocycles. The van der Waals surface area contributed by atoms with Gasteiger partial charge in [-0.1, -0.05) is 5.10 Å². The second-order valence-corrected chi connectivity index (χ2v) is 4.53. The highest BCUT2D eigenvalue weighted by atomic mass is 32.2. The Kier molecular flexibility index (Phi) is 2.27. The molecule has 2 aromatic heterocycles. The highest BCUT2D eigenvalue weighted by molar-refractivity contribution is 7.92. The van der Waals surface area contributed by atoms with E-state index in [0.29, 0.717) is 0 Å². The van der Waals surface area contributed by atoms with Gasteiger partial charge in [-0.05, 0) is 0 Å². The molecule has 0 aliphatic rings. The van der Waals surface area contributed by atoms with Gasteiger partial charge >= 0.3 is 6.01 Å². The summed E-state index contributed by atoms with van der Waals surface area (Å²) in [5.41, 5.74) is 5.38. The molecule has 2 rings (SSSR count). The number of sulfonamides is 1. The fourth-order valence-electron chi connectivity index (χ4n) is 1.01. The van der Waals surface area contributed by atoms with Crippen molar-refractivity contribution < 1.29 is 12.8 Å². The molecule has 0 radical (unpaired) electrons. The molecule has 2 aromatic rings. The molecular formula is C6H8N6O3S. The van der Waals surface area contributed by atoms with Crippen LogP contribution in [0.3, 0.4) is 0 Å². The molecule has 4 N–H and O–H groups in total. The molecule has 0 saturated heterocycles. The van der Waals surface area contributed by atoms with Gasteiger partial charge < -0.3 is 10.2 Å². The van der Waals surface area contributed by atoms with Crippen LogP contribution in [0.15, 0.2) is 15.5 Å². The minimum Gasteiger partial charge on any atom is -0.408 e. The predicted molar refractivity (Wildman–Crippen MR) is 52.8 cm³/mol. The lowest BCUT2D eigenvalue weighted by Gasteiger charge is -2.01. The standard InChI is InChI=1S/C6H8N6O3S/c1-3-9-11-6(15-3)12-16(13,14)4-2-8-10-5(4)7/h2H,1H3,(H,11,12)(H3,7,8,10). The van der Waals surface area contributed by atoms with Crippen molar-refractivity contribution in [2.24, 2.45) is 0 Å². The number of aromatic amines is 1. The van der Waals surface area contributed by atoms with E-state index in [2.05, 4.69) is 25.1 Å². The molecule has 0 bridgehead atoms. The van der Waals surface area contributed by atoms with Crippen molar-refractivity contribution in [1.29, 1.82) is 0 Å². The Morgan fingerprint density at radius 3 is 2.75 bits per heavy atom. The summed E-state index contributed by atoms with van der Waals surface area (Å²) in [7, 11) is -3.85. The topological polar surface area (TPSA) is 140 Å². The minimum absolute atomic E-state index is 0.0660. The number of anilines is 2. The Hall–Kier alpha value is -2.10. The summed E-state index contributed by atoms with van der Waals surface area (Å²) in [5, 5.41) is 12.8. The first-order valence-electron chi connectivity index (χ1n) is 4.11. The third-order valence-electron chi connectivity index (χ3n) is 1.67. The number of aryl methyl sites for hydroxylation is 1. The van der Waals surface area contributed by atoms with E-state index >= 15 is 0 Å². The van der Waals surface area contributed by atoms with Gasteiger partial charge in [0, 0.05) is 6.92 Å². The lowest BCUT2D eigenvalue weighted by atomic mass is 10.7. The molecule has 16 heavy (non-hydrogen) atoms. The second-order valence-electron chi connectivity index (χ2n) is 2.88. The largest absolute Gasteiger partial charge is 0.408 e. The Morgan fingerprint density at radius 1 is 1.50 bits per heavy atom. The third kappa shape index (κ3) is 1.82. The van der Waals surface area contributed by atoms with Gasteiger partial charge in [-0.2, -0.15) is 5.10 Å². The summed E-state index contributed by atoms with van der Waals surface area (Å²) in [5.74, 6) is 0.182. The number of nitrogen functional groups attached to an aromatic ring is 1. The first-order chi connectivity index (χ1) is 7.49. The number of rotatable bonds is 3. The minimum atomic E-state index is -3.85. The van der Waals surface area contributed by atoms with Gasteiger partial charge in [0.2, 0.25) is 5.89 Å². The molecule has 0 aliphatic carbocycles. The quantitative estimate of drug-likeness (QED) is 0.660. The Bertz CT molecular complexity index is 599. The van der Waals surface area contributed by atoms with Crippen LogP contribution in [-0.4, -0.2) is 28.8 Å². The molecule has 0 saturated carbocycles. The van der Waals surface area contributed by atoms with Crippen molar-refractivity contribution in [2.75, 3.05) is 10.5 Å². The normalized spacial score (nSPS) is 11.6. The molecule has 0 atom stereocenters. The fourth-order valence-corrected chi connectivity index (χ4v) is 1.96. The van der Waals surface area contributed by atoms with E-state index in [1.807, 2.05) is 0 Å². The van der Waals surface area contributed by atoms with Crippen LogP contribution in [0.25, 0.3) is 0 Å². The van der Waals surface area contributed by atoms with Crippen molar-refractivity contribution >= 4 is 21.9 Å². The third-order valence-corrected chi connectivity index (χ3v) is 3.02. The smallest absolute Gasteiger partial charge is 0.329 e. The van der Waals surface area contributed by atoms with Gasteiger partial charge in [0.25, 0.3) is 10.0 Å². The van der Waals surface area contributed by atoms with Gasteiger partial charge in [-0.15, -0.1) is 5.10 Å². The zero-order chi connectivity index (χ0) is 11.8. The Balaban J connectivity index is 2.31. The molecule has 0 unspecified atom stereocenters. The zero-order valence-corrected chi connectivity index (χ0v) is 8.95. The van der Waals surface area contributed by atoms with Crippen LogP contribution in [0, 0.1) is 6.92 Å². The van der Waals surface area contributed by atoms with Crippen molar-refractivity contribution in [3.05, 3.63) is 12.1 Å². The maximum absolute atomic E-state index is 11.7. The highest BCUT2D eigenvalue weighted by Crippen LogP contribution is 2.17. The molecule has 0 fully saturated rings. The summed E-state index contributed by atoms with van der Waals surface area (Å²) >= 11 is 0. The number of aromatic nitrogens is 4. The summed E-state index contributed by atoms with van der Waals surface area (Å²) in [6.45, 7) is 1.54. The Labute approximate surface area is 90.1 Å². The van der Waals surface area contributed by atoms with Crippen LogP contribution >= 0.6 is 0 Å². The number of nitrogens with one attached hydrogen (secondary N) is 2. The molecule has 9 nitrogen and oxygen atoms in total. The van der Waals surface area contributed by atoms with Gasteiger partial charge in [-0.3, -0.25) is 5.10 Å². The van der Waals surface area contributed by atoms with E-state index in [4.69, 9.17) is 10.2 Å². The van der Waals surface area contributed by atoms with Crippen LogP contribution in [0.4, 0.5) is 11.8 Å². The van der Waals surface area contributed by atoms with E-state index in [1.54, 1.807) is 0 Å². The molecule has 0 amide bonds. The van der Waals surface area contributed by atoms with Gasteiger partial charge in [0.15, 0.2) is 0 Å². The maximum Gasteiger partial charge on any atom is 0.329 e. The molecule has 2 heterocycles. The van der Waals surface area contributed by atoms with E-state index in [9.17, 15) is 8.42 Å². The number of hydrogen-bond donors (Lipinski definition) is 3. The van der Waals surface area contributed by atoms with Crippen LogP contribution in [-0.2, 0) is 10.0 Å². The summed E-state index contributed by atoms with van der Waals surface area (Å²) in [6, 6.07) is -0.224. The van der Waals surface area contributed by atoms with Crippen LogP contribution in [0.2, 0.25) is 0 Å². The summed E-state index contributed by atoms with van der Waals surface area (Å²) in [6.07, 6.45) is 1.08. The van der Waals surface area contributed by atoms with Gasteiger partial charge in [0.1, 0.15) is 10.7 Å². The second kappa shape index (κ2) is 3.48. The molecule has 86 valence electrons. The lowest BCUT2D eigenvalue weighted by Crippen LogP contribution is -2.14. The van der Waals surface area contributed by atoms with Gasteiger partial charge in [0.05, 0.1) is 6.20 Å². The predicted octanol–water partition coefficient (Wildman–Crippen LogP) is -0.516. The summed E-state index contributed by atoms with van der Waals surface area (Å²) in [4.78, 5) is -0.177. The maximum atomic E-state index is 11.7.